The molecule has 0 N–H and O–H groups in total. The second-order valence-corrected chi connectivity index (χ2v) is 8.08. The molecule has 0 saturated heterocycles. The summed E-state index contributed by atoms with van der Waals surface area (Å²) in [5, 5.41) is 0. The summed E-state index contributed by atoms with van der Waals surface area (Å²) in [5.74, 6) is 1.77. The Bertz CT molecular complexity index is 612. The fraction of sp³-hybridized carbons (Fsp3) is 0.524. The predicted octanol–water partition coefficient (Wildman–Crippen LogP) is 7.39. The second-order valence-electron chi connectivity index (χ2n) is 6.06. The average molecular weight is 470 g/mol. The van der Waals surface area contributed by atoms with Crippen molar-refractivity contribution in [1.82, 2.24) is 0 Å². The van der Waals surface area contributed by atoms with Crippen LogP contribution in [0.1, 0.15) is 44.2 Å². The molecule has 0 spiro atoms. The highest BCUT2D eigenvalue weighted by Crippen LogP contribution is 2.31. The van der Waals surface area contributed by atoms with Gasteiger partial charge in [-0.15, -0.1) is 0 Å². The quantitative estimate of drug-likeness (QED) is 0.265. The number of ether oxygens (including phenoxy) is 3. The van der Waals surface area contributed by atoms with Crippen molar-refractivity contribution in [3.8, 4) is 11.5 Å². The van der Waals surface area contributed by atoms with Gasteiger partial charge < -0.3 is 14.2 Å². The lowest BCUT2D eigenvalue weighted by molar-refractivity contribution is 0.155. The van der Waals surface area contributed by atoms with Crippen LogP contribution in [0, 0.1) is 0 Å². The van der Waals surface area contributed by atoms with E-state index in [-0.39, 0.29) is 8.98 Å². The molecule has 1 rings (SSSR count). The topological polar surface area (TPSA) is 27.7 Å². The molecule has 0 amide bonds. The smallest absolute Gasteiger partial charge is 0.125 e. The van der Waals surface area contributed by atoms with E-state index in [0.29, 0.717) is 26.4 Å². The fourth-order valence-corrected chi connectivity index (χ4v) is 2.83. The van der Waals surface area contributed by atoms with Crippen LogP contribution in [0.25, 0.3) is 0 Å². The molecule has 0 aliphatic rings. The first-order valence-corrected chi connectivity index (χ1v) is 11.0. The van der Waals surface area contributed by atoms with Gasteiger partial charge in [0.25, 0.3) is 0 Å². The second kappa shape index (κ2) is 15.3. The zero-order chi connectivity index (χ0) is 20.8. The first-order valence-electron chi connectivity index (χ1n) is 9.49. The van der Waals surface area contributed by atoms with E-state index in [1.165, 1.54) is 0 Å². The van der Waals surface area contributed by atoms with Gasteiger partial charge in [0.05, 0.1) is 13.2 Å². The van der Waals surface area contributed by atoms with Crippen molar-refractivity contribution in [1.29, 1.82) is 0 Å². The molecule has 158 valence electrons. The van der Waals surface area contributed by atoms with Crippen LogP contribution in [0.2, 0.25) is 0 Å². The molecule has 1 aromatic rings. The Labute approximate surface area is 188 Å². The standard InChI is InChI=1S/C21H28Cl4O3/c1-3-16-14-18(27-13-9-20(24)25)15-17(4-2)21(16)28-11-7-5-6-10-26-12-8-19(22)23/h8-9,14-15H,3-7,10-13H2,1-2H3. The number of aryl methyl sites for hydroxylation is 2. The lowest BCUT2D eigenvalue weighted by atomic mass is 10.0. The van der Waals surface area contributed by atoms with Gasteiger partial charge in [-0.05, 0) is 67.5 Å². The number of rotatable bonds is 14. The van der Waals surface area contributed by atoms with Gasteiger partial charge in [0.1, 0.15) is 27.1 Å². The number of unbranched alkanes of at least 4 members (excludes halogenated alkanes) is 2. The molecular weight excluding hydrogens is 442 g/mol. The van der Waals surface area contributed by atoms with Crippen LogP contribution in [0.4, 0.5) is 0 Å². The molecule has 0 bridgehead atoms. The third-order valence-corrected chi connectivity index (χ3v) is 4.62. The van der Waals surface area contributed by atoms with Crippen LogP contribution in [0.3, 0.4) is 0 Å². The van der Waals surface area contributed by atoms with Crippen LogP contribution < -0.4 is 9.47 Å². The molecule has 0 aromatic heterocycles. The predicted molar refractivity (Wildman–Crippen MR) is 120 cm³/mol. The zero-order valence-corrected chi connectivity index (χ0v) is 19.4. The fourth-order valence-electron chi connectivity index (χ4n) is 2.58. The average Bonchev–Trinajstić information content (AvgIpc) is 2.66. The first kappa shape index (κ1) is 25.5. The summed E-state index contributed by atoms with van der Waals surface area (Å²) >= 11 is 22.3. The van der Waals surface area contributed by atoms with Gasteiger partial charge in [0, 0.05) is 6.61 Å². The van der Waals surface area contributed by atoms with Crippen molar-refractivity contribution in [3.63, 3.8) is 0 Å². The summed E-state index contributed by atoms with van der Waals surface area (Å²) in [6, 6.07) is 4.04. The maximum absolute atomic E-state index is 6.11. The minimum atomic E-state index is 0.205. The Morgan fingerprint density at radius 3 is 1.93 bits per heavy atom. The molecule has 0 aliphatic heterocycles. The van der Waals surface area contributed by atoms with Crippen molar-refractivity contribution in [3.05, 3.63) is 44.4 Å². The summed E-state index contributed by atoms with van der Waals surface area (Å²) in [6.07, 6.45) is 7.98. The van der Waals surface area contributed by atoms with Gasteiger partial charge in [0.15, 0.2) is 0 Å². The SMILES string of the molecule is CCc1cc(OCC=C(Cl)Cl)cc(CC)c1OCCCCCOCC=C(Cl)Cl. The maximum atomic E-state index is 6.11. The Kier molecular flexibility index (Phi) is 13.9. The minimum absolute atomic E-state index is 0.205. The number of hydrogen-bond donors (Lipinski definition) is 0. The van der Waals surface area contributed by atoms with E-state index in [1.807, 2.05) is 12.1 Å². The minimum Gasteiger partial charge on any atom is -0.493 e. The zero-order valence-electron chi connectivity index (χ0n) is 16.4. The largest absolute Gasteiger partial charge is 0.493 e. The normalized spacial score (nSPS) is 10.5. The first-order chi connectivity index (χ1) is 13.5. The third-order valence-electron chi connectivity index (χ3n) is 4.00. The Balaban J connectivity index is 2.48. The molecule has 3 nitrogen and oxygen atoms in total. The van der Waals surface area contributed by atoms with E-state index >= 15 is 0 Å². The molecule has 0 saturated carbocycles. The lowest BCUT2D eigenvalue weighted by Gasteiger charge is -2.17. The van der Waals surface area contributed by atoms with Crippen molar-refractivity contribution >= 4 is 46.4 Å². The molecule has 0 heterocycles. The Morgan fingerprint density at radius 1 is 0.786 bits per heavy atom. The van der Waals surface area contributed by atoms with E-state index < -0.39 is 0 Å². The van der Waals surface area contributed by atoms with Crippen LogP contribution in [-0.4, -0.2) is 26.4 Å². The summed E-state index contributed by atoms with van der Waals surface area (Å²) in [5.41, 5.74) is 2.28. The Morgan fingerprint density at radius 2 is 1.36 bits per heavy atom. The summed E-state index contributed by atoms with van der Waals surface area (Å²) < 4.78 is 17.7. The molecule has 7 heteroatoms. The molecule has 1 aromatic carbocycles. The van der Waals surface area contributed by atoms with Crippen LogP contribution in [0.15, 0.2) is 33.3 Å². The van der Waals surface area contributed by atoms with Gasteiger partial charge in [-0.2, -0.15) is 0 Å². The summed E-state index contributed by atoms with van der Waals surface area (Å²) in [4.78, 5) is 0. The number of benzene rings is 1. The molecule has 28 heavy (non-hydrogen) atoms. The van der Waals surface area contributed by atoms with Gasteiger partial charge in [-0.25, -0.2) is 0 Å². The third kappa shape index (κ3) is 10.8. The molecule has 0 unspecified atom stereocenters. The van der Waals surface area contributed by atoms with E-state index in [0.717, 1.165) is 54.7 Å². The summed E-state index contributed by atoms with van der Waals surface area (Å²) in [6.45, 7) is 6.37. The summed E-state index contributed by atoms with van der Waals surface area (Å²) in [7, 11) is 0. The van der Waals surface area contributed by atoms with Crippen molar-refractivity contribution in [2.75, 3.05) is 26.4 Å². The monoisotopic (exact) mass is 468 g/mol. The van der Waals surface area contributed by atoms with E-state index in [1.54, 1.807) is 12.2 Å². The molecule has 0 radical (unpaired) electrons. The number of halogens is 4. The Hall–Kier alpha value is -0.580. The lowest BCUT2D eigenvalue weighted by Crippen LogP contribution is -2.05. The van der Waals surface area contributed by atoms with Crippen molar-refractivity contribution < 1.29 is 14.2 Å². The highest BCUT2D eigenvalue weighted by molar-refractivity contribution is 6.56. The van der Waals surface area contributed by atoms with Gasteiger partial charge in [-0.1, -0.05) is 60.3 Å². The van der Waals surface area contributed by atoms with Crippen molar-refractivity contribution in [2.45, 2.75) is 46.0 Å². The van der Waals surface area contributed by atoms with Gasteiger partial charge in [-0.3, -0.25) is 0 Å². The van der Waals surface area contributed by atoms with Gasteiger partial charge in [0.2, 0.25) is 0 Å². The number of hydrogen-bond acceptors (Lipinski definition) is 3. The maximum Gasteiger partial charge on any atom is 0.125 e. The van der Waals surface area contributed by atoms with Crippen molar-refractivity contribution in [2.24, 2.45) is 0 Å². The van der Waals surface area contributed by atoms with E-state index in [9.17, 15) is 0 Å². The van der Waals surface area contributed by atoms with E-state index in [2.05, 4.69) is 13.8 Å². The molecular formula is C21H28Cl4O3. The highest BCUT2D eigenvalue weighted by Gasteiger charge is 2.11. The van der Waals surface area contributed by atoms with Crippen LogP contribution in [-0.2, 0) is 17.6 Å². The molecule has 0 fully saturated rings. The molecule has 0 atom stereocenters. The van der Waals surface area contributed by atoms with Gasteiger partial charge >= 0.3 is 0 Å². The van der Waals surface area contributed by atoms with Crippen LogP contribution in [0.5, 0.6) is 11.5 Å². The van der Waals surface area contributed by atoms with E-state index in [4.69, 9.17) is 60.6 Å². The highest BCUT2D eigenvalue weighted by atomic mass is 35.5. The van der Waals surface area contributed by atoms with Crippen LogP contribution >= 0.6 is 46.4 Å². The molecule has 0 aliphatic carbocycles.